The molecule has 1 saturated heterocycles. The number of amides is 1. The van der Waals surface area contributed by atoms with Crippen LogP contribution in [0.3, 0.4) is 0 Å². The standard InChI is InChI=1S/C15H23N3O2/c1-16-6-8-18(9-7-16)14(19)11-17-5-4-13(10-17)15(20)12-2-3-12/h4-5,10,12,15,20H,2-3,6-9,11H2,1H3. The van der Waals surface area contributed by atoms with Crippen LogP contribution in [0.2, 0.25) is 0 Å². The molecule has 1 aliphatic heterocycles. The van der Waals surface area contributed by atoms with E-state index in [1.165, 1.54) is 0 Å². The molecule has 0 spiro atoms. The largest absolute Gasteiger partial charge is 0.388 e. The molecule has 1 unspecified atom stereocenters. The van der Waals surface area contributed by atoms with E-state index < -0.39 is 0 Å². The molecular weight excluding hydrogens is 254 g/mol. The summed E-state index contributed by atoms with van der Waals surface area (Å²) in [6, 6.07) is 1.93. The Morgan fingerprint density at radius 1 is 1.35 bits per heavy atom. The van der Waals surface area contributed by atoms with Crippen LogP contribution in [0.4, 0.5) is 0 Å². The summed E-state index contributed by atoms with van der Waals surface area (Å²) in [6.07, 6.45) is 5.69. The van der Waals surface area contributed by atoms with Crippen molar-refractivity contribution in [1.82, 2.24) is 14.4 Å². The van der Waals surface area contributed by atoms with Gasteiger partial charge in [0, 0.05) is 38.6 Å². The first-order valence-electron chi connectivity index (χ1n) is 7.43. The van der Waals surface area contributed by atoms with Crippen molar-refractivity contribution in [2.45, 2.75) is 25.5 Å². The Morgan fingerprint density at radius 3 is 2.70 bits per heavy atom. The third-order valence-corrected chi connectivity index (χ3v) is 4.36. The molecule has 1 aliphatic carbocycles. The van der Waals surface area contributed by atoms with E-state index in [0.717, 1.165) is 44.6 Å². The monoisotopic (exact) mass is 277 g/mol. The van der Waals surface area contributed by atoms with E-state index in [1.54, 1.807) is 0 Å². The van der Waals surface area contributed by atoms with Gasteiger partial charge in [0.1, 0.15) is 6.54 Å². The molecule has 3 rings (SSSR count). The third-order valence-electron chi connectivity index (χ3n) is 4.36. The van der Waals surface area contributed by atoms with Gasteiger partial charge in [0.05, 0.1) is 6.10 Å². The number of carbonyl (C=O) groups excluding carboxylic acids is 1. The maximum absolute atomic E-state index is 12.2. The van der Waals surface area contributed by atoms with Gasteiger partial charge < -0.3 is 19.5 Å². The molecule has 5 heteroatoms. The molecule has 20 heavy (non-hydrogen) atoms. The summed E-state index contributed by atoms with van der Waals surface area (Å²) in [5.41, 5.74) is 0.943. The highest BCUT2D eigenvalue weighted by molar-refractivity contribution is 5.76. The smallest absolute Gasteiger partial charge is 0.242 e. The van der Waals surface area contributed by atoms with Gasteiger partial charge in [-0.25, -0.2) is 0 Å². The van der Waals surface area contributed by atoms with E-state index in [0.29, 0.717) is 12.5 Å². The van der Waals surface area contributed by atoms with Crippen LogP contribution in [0.1, 0.15) is 24.5 Å². The van der Waals surface area contributed by atoms with Gasteiger partial charge in [-0.15, -0.1) is 0 Å². The molecule has 2 aliphatic rings. The molecule has 2 fully saturated rings. The summed E-state index contributed by atoms with van der Waals surface area (Å²) in [5.74, 6) is 0.598. The van der Waals surface area contributed by atoms with Crippen LogP contribution >= 0.6 is 0 Å². The van der Waals surface area contributed by atoms with Crippen molar-refractivity contribution >= 4 is 5.91 Å². The second-order valence-electron chi connectivity index (χ2n) is 6.08. The molecule has 110 valence electrons. The molecule has 0 aromatic carbocycles. The van der Waals surface area contributed by atoms with Gasteiger partial charge in [-0.05, 0) is 37.4 Å². The molecule has 1 saturated carbocycles. The van der Waals surface area contributed by atoms with Crippen molar-refractivity contribution in [3.63, 3.8) is 0 Å². The average Bonchev–Trinajstić information content (AvgIpc) is 3.19. The maximum Gasteiger partial charge on any atom is 0.242 e. The van der Waals surface area contributed by atoms with Gasteiger partial charge in [0.25, 0.3) is 0 Å². The first-order valence-corrected chi connectivity index (χ1v) is 7.43. The molecule has 2 heterocycles. The van der Waals surface area contributed by atoms with E-state index in [-0.39, 0.29) is 12.0 Å². The Labute approximate surface area is 119 Å². The predicted octanol–water partition coefficient (Wildman–Crippen LogP) is 0.705. The quantitative estimate of drug-likeness (QED) is 0.881. The number of aliphatic hydroxyl groups is 1. The zero-order chi connectivity index (χ0) is 14.1. The normalized spacial score (nSPS) is 22.0. The zero-order valence-corrected chi connectivity index (χ0v) is 12.0. The number of nitrogens with zero attached hydrogens (tertiary/aromatic N) is 3. The molecule has 0 bridgehead atoms. The van der Waals surface area contributed by atoms with Crippen molar-refractivity contribution in [3.8, 4) is 0 Å². The number of piperazine rings is 1. The van der Waals surface area contributed by atoms with Gasteiger partial charge in [-0.3, -0.25) is 4.79 Å². The Hall–Kier alpha value is -1.33. The van der Waals surface area contributed by atoms with Crippen molar-refractivity contribution in [2.24, 2.45) is 5.92 Å². The minimum atomic E-state index is -0.352. The number of aliphatic hydroxyl groups excluding tert-OH is 1. The summed E-state index contributed by atoms with van der Waals surface area (Å²) in [4.78, 5) is 16.4. The Balaban J connectivity index is 1.56. The van der Waals surface area contributed by atoms with Crippen molar-refractivity contribution in [2.75, 3.05) is 33.2 Å². The highest BCUT2D eigenvalue weighted by atomic mass is 16.3. The molecule has 1 aromatic rings. The van der Waals surface area contributed by atoms with Crippen LogP contribution in [-0.2, 0) is 11.3 Å². The zero-order valence-electron chi connectivity index (χ0n) is 12.0. The summed E-state index contributed by atoms with van der Waals surface area (Å²) in [5, 5.41) is 10.1. The van der Waals surface area contributed by atoms with Gasteiger partial charge in [-0.2, -0.15) is 0 Å². The highest BCUT2D eigenvalue weighted by Gasteiger charge is 2.31. The summed E-state index contributed by atoms with van der Waals surface area (Å²) in [7, 11) is 2.08. The topological polar surface area (TPSA) is 48.7 Å². The second kappa shape index (κ2) is 5.58. The molecule has 1 amide bonds. The van der Waals surface area contributed by atoms with E-state index in [9.17, 15) is 9.90 Å². The fourth-order valence-electron chi connectivity index (χ4n) is 2.73. The number of hydrogen-bond acceptors (Lipinski definition) is 3. The van der Waals surface area contributed by atoms with Crippen molar-refractivity contribution in [1.29, 1.82) is 0 Å². The number of aromatic nitrogens is 1. The third kappa shape index (κ3) is 3.04. The van der Waals surface area contributed by atoms with Gasteiger partial charge in [-0.1, -0.05) is 0 Å². The van der Waals surface area contributed by atoms with Crippen LogP contribution < -0.4 is 0 Å². The van der Waals surface area contributed by atoms with Crippen LogP contribution in [0.15, 0.2) is 18.5 Å². The van der Waals surface area contributed by atoms with Gasteiger partial charge in [0.15, 0.2) is 0 Å². The molecule has 5 nitrogen and oxygen atoms in total. The molecular formula is C15H23N3O2. The molecule has 1 atom stereocenters. The van der Waals surface area contributed by atoms with Crippen molar-refractivity contribution < 1.29 is 9.90 Å². The van der Waals surface area contributed by atoms with Gasteiger partial charge >= 0.3 is 0 Å². The molecule has 1 N–H and O–H groups in total. The fourth-order valence-corrected chi connectivity index (χ4v) is 2.73. The first-order chi connectivity index (χ1) is 9.63. The van der Waals surface area contributed by atoms with Crippen LogP contribution in [0.25, 0.3) is 0 Å². The van der Waals surface area contributed by atoms with E-state index in [4.69, 9.17) is 0 Å². The molecule has 1 aromatic heterocycles. The maximum atomic E-state index is 12.2. The highest BCUT2D eigenvalue weighted by Crippen LogP contribution is 2.40. The Kier molecular flexibility index (Phi) is 3.81. The van der Waals surface area contributed by atoms with E-state index in [2.05, 4.69) is 11.9 Å². The van der Waals surface area contributed by atoms with Gasteiger partial charge in [0.2, 0.25) is 5.91 Å². The number of carbonyl (C=O) groups is 1. The van der Waals surface area contributed by atoms with E-state index in [1.807, 2.05) is 27.9 Å². The van der Waals surface area contributed by atoms with Crippen LogP contribution in [-0.4, -0.2) is 58.6 Å². The number of hydrogen-bond donors (Lipinski definition) is 1. The number of likely N-dealkylation sites (N-methyl/N-ethyl adjacent to an activating group) is 1. The molecule has 0 radical (unpaired) electrons. The predicted molar refractivity (Wildman–Crippen MR) is 76.2 cm³/mol. The lowest BCUT2D eigenvalue weighted by Gasteiger charge is -2.32. The minimum absolute atomic E-state index is 0.168. The number of rotatable bonds is 4. The second-order valence-corrected chi connectivity index (χ2v) is 6.08. The van der Waals surface area contributed by atoms with Crippen molar-refractivity contribution in [3.05, 3.63) is 24.0 Å². The fraction of sp³-hybridized carbons (Fsp3) is 0.667. The lowest BCUT2D eigenvalue weighted by Crippen LogP contribution is -2.48. The average molecular weight is 277 g/mol. The SMILES string of the molecule is CN1CCN(C(=O)Cn2ccc(C(O)C3CC3)c2)CC1. The van der Waals surface area contributed by atoms with Crippen LogP contribution in [0.5, 0.6) is 0 Å². The lowest BCUT2D eigenvalue weighted by molar-refractivity contribution is -0.133. The summed E-state index contributed by atoms with van der Waals surface area (Å²) in [6.45, 7) is 3.90. The van der Waals surface area contributed by atoms with Crippen LogP contribution in [0, 0.1) is 5.92 Å². The summed E-state index contributed by atoms with van der Waals surface area (Å²) >= 11 is 0. The summed E-state index contributed by atoms with van der Waals surface area (Å²) < 4.78 is 1.89. The van der Waals surface area contributed by atoms with E-state index >= 15 is 0 Å². The lowest BCUT2D eigenvalue weighted by atomic mass is 10.1. The minimum Gasteiger partial charge on any atom is -0.388 e. The Bertz CT molecular complexity index is 473. The Morgan fingerprint density at radius 2 is 2.05 bits per heavy atom. The first kappa shape index (κ1) is 13.6.